The topological polar surface area (TPSA) is 253 Å². The molecule has 22 heteroatoms. The van der Waals surface area contributed by atoms with Crippen LogP contribution in [0.15, 0.2) is 84.9 Å². The van der Waals surface area contributed by atoms with Gasteiger partial charge in [0.15, 0.2) is 0 Å². The smallest absolute Gasteiger partial charge is 0.411 e. The number of nitrogens with one attached hydrogen (secondary N) is 3. The number of likely N-dealkylation sites (tertiary alicyclic amines) is 2. The van der Waals surface area contributed by atoms with Gasteiger partial charge in [0.05, 0.1) is 45.1 Å². The summed E-state index contributed by atoms with van der Waals surface area (Å²) in [7, 11) is -1.24. The van der Waals surface area contributed by atoms with E-state index in [0.717, 1.165) is 58.0 Å². The van der Waals surface area contributed by atoms with Crippen molar-refractivity contribution in [3.8, 4) is 0 Å². The Morgan fingerprint density at radius 1 is 0.450 bits per heavy atom. The molecule has 4 aromatic rings. The van der Waals surface area contributed by atoms with Crippen molar-refractivity contribution in [2.75, 3.05) is 19.7 Å². The Hall–Kier alpha value is -7.30. The van der Waals surface area contributed by atoms with Gasteiger partial charge in [-0.25, -0.2) is 28.8 Å². The van der Waals surface area contributed by atoms with Crippen LogP contribution in [0.4, 0.5) is 14.4 Å². The summed E-state index contributed by atoms with van der Waals surface area (Å²) in [6.45, 7) is 41.3. The second-order valence-corrected chi connectivity index (χ2v) is 39.4. The van der Waals surface area contributed by atoms with E-state index < -0.39 is 95.0 Å². The van der Waals surface area contributed by atoms with E-state index in [0.29, 0.717) is 51.9 Å². The van der Waals surface area contributed by atoms with Gasteiger partial charge in [-0.05, 0) is 180 Å². The van der Waals surface area contributed by atoms with Gasteiger partial charge in [-0.15, -0.1) is 0 Å². The molecule has 5 amide bonds. The van der Waals surface area contributed by atoms with Crippen LogP contribution in [0.5, 0.6) is 0 Å². The molecule has 0 bridgehead atoms. The fraction of sp³-hybridized carbons (Fsp3) is 0.641. The molecule has 0 radical (unpaired) electrons. The van der Waals surface area contributed by atoms with Crippen molar-refractivity contribution in [3.05, 3.63) is 96.1 Å². The van der Waals surface area contributed by atoms with Crippen LogP contribution in [-0.4, -0.2) is 154 Å². The Labute approximate surface area is 594 Å². The van der Waals surface area contributed by atoms with Crippen LogP contribution in [0.3, 0.4) is 0 Å². The Bertz CT molecular complexity index is 3370. The lowest BCUT2D eigenvalue weighted by atomic mass is 10.1. The predicted octanol–water partition coefficient (Wildman–Crippen LogP) is 14.3. The molecule has 4 aromatic carbocycles. The SMILES string of the molecule is CCC1CC1(NC(=O)OCC[Si](C)(C)C)C(=O)OC(C)(C)C.CCC1C[C@@]1(NC(=O)[C@@H]1C[C@@H](OCc2cccc3ccccc23)CN1C(=O)OC(C)(C)C)C(=O)OC(C)(C)C.CC[C@H]1C[C@]1(NC(=O)[C@@H]1C[C@@H](OCc2cccc3ccccc23)CN1C(=O)OC(C)(C)C)C(=O)OC(C)(C)C. The third kappa shape index (κ3) is 21.9. The molecule has 2 aliphatic heterocycles. The van der Waals surface area contributed by atoms with Gasteiger partial charge < -0.3 is 53.8 Å². The summed E-state index contributed by atoms with van der Waals surface area (Å²) in [5.41, 5.74) is -4.30. The zero-order valence-electron chi connectivity index (χ0n) is 63.5. The quantitative estimate of drug-likeness (QED) is 0.0422. The fourth-order valence-corrected chi connectivity index (χ4v) is 13.6. The average molecular weight is 1410 g/mol. The molecule has 10 atom stereocenters. The van der Waals surface area contributed by atoms with Crippen molar-refractivity contribution in [1.82, 2.24) is 25.8 Å². The summed E-state index contributed by atoms with van der Waals surface area (Å²) in [5.74, 6) is -1.88. The molecule has 100 heavy (non-hydrogen) atoms. The maximum Gasteiger partial charge on any atom is 0.411 e. The lowest BCUT2D eigenvalue weighted by molar-refractivity contribution is -0.161. The van der Waals surface area contributed by atoms with E-state index in [1.54, 1.807) is 41.5 Å². The van der Waals surface area contributed by atoms with Crippen molar-refractivity contribution in [2.24, 2.45) is 17.8 Å². The number of carbonyl (C=O) groups is 8. The first-order valence-electron chi connectivity index (χ1n) is 35.8. The summed E-state index contributed by atoms with van der Waals surface area (Å²) in [6.07, 6.45) is 2.16. The number of fused-ring (bicyclic) bond motifs is 2. The van der Waals surface area contributed by atoms with Gasteiger partial charge in [-0.3, -0.25) is 19.4 Å². The number of carbonyl (C=O) groups excluding carboxylic acids is 8. The highest BCUT2D eigenvalue weighted by Crippen LogP contribution is 2.50. The summed E-state index contributed by atoms with van der Waals surface area (Å²) in [5, 5.41) is 13.2. The highest BCUT2D eigenvalue weighted by molar-refractivity contribution is 6.76. The van der Waals surface area contributed by atoms with E-state index in [1.165, 1.54) is 9.80 Å². The number of benzene rings is 4. The summed E-state index contributed by atoms with van der Waals surface area (Å²) >= 11 is 0. The van der Waals surface area contributed by atoms with Gasteiger partial charge in [0.1, 0.15) is 56.7 Å². The van der Waals surface area contributed by atoms with Crippen LogP contribution in [0.2, 0.25) is 25.7 Å². The summed E-state index contributed by atoms with van der Waals surface area (Å²) in [6, 6.07) is 27.6. The van der Waals surface area contributed by atoms with E-state index in [4.69, 9.17) is 37.9 Å². The van der Waals surface area contributed by atoms with Gasteiger partial charge >= 0.3 is 36.2 Å². The predicted molar refractivity (Wildman–Crippen MR) is 388 cm³/mol. The molecule has 2 heterocycles. The largest absolute Gasteiger partial charge is 0.458 e. The van der Waals surface area contributed by atoms with Gasteiger partial charge in [-0.1, -0.05) is 145 Å². The minimum atomic E-state index is -1.24. The molecule has 21 nitrogen and oxygen atoms in total. The molecule has 3 unspecified atom stereocenters. The first-order valence-corrected chi connectivity index (χ1v) is 39.5. The Morgan fingerprint density at radius 3 is 1.08 bits per heavy atom. The Balaban J connectivity index is 0.000000220. The third-order valence-corrected chi connectivity index (χ3v) is 20.0. The monoisotopic (exact) mass is 1410 g/mol. The number of hydrogen-bond acceptors (Lipinski definition) is 16. The first kappa shape index (κ1) is 80.0. The number of esters is 3. The third-order valence-electron chi connectivity index (χ3n) is 18.3. The van der Waals surface area contributed by atoms with E-state index in [1.807, 2.05) is 132 Å². The van der Waals surface area contributed by atoms with E-state index in [9.17, 15) is 38.4 Å². The zero-order valence-corrected chi connectivity index (χ0v) is 64.5. The van der Waals surface area contributed by atoms with Crippen molar-refractivity contribution in [2.45, 2.75) is 284 Å². The van der Waals surface area contributed by atoms with Crippen LogP contribution in [0, 0.1) is 17.8 Å². The fourth-order valence-electron chi connectivity index (χ4n) is 12.8. The van der Waals surface area contributed by atoms with Crippen molar-refractivity contribution in [3.63, 3.8) is 0 Å². The molecule has 3 N–H and O–H groups in total. The molecule has 5 fully saturated rings. The number of nitrogens with zero attached hydrogens (tertiary/aromatic N) is 2. The van der Waals surface area contributed by atoms with Gasteiger partial charge in [0.25, 0.3) is 0 Å². The molecule has 3 saturated carbocycles. The lowest BCUT2D eigenvalue weighted by Gasteiger charge is -2.30. The van der Waals surface area contributed by atoms with Crippen LogP contribution >= 0.6 is 0 Å². The van der Waals surface area contributed by atoms with Crippen LogP contribution in [0.1, 0.15) is 187 Å². The standard InChI is InChI=1S/2C31H42N2O6.C16H31NO4Si/c2*1-8-22-17-31(22,27(35)38-29(2,3)4)32-26(34)25-16-23(18-33(25)28(36)39-30(5,6)7)37-19-21-14-11-13-20-12-9-10-15-24(20)21;1-8-12-11-16(12,13(18)21-15(2,3)4)17-14(19)20-9-10-22(5,6)7/h2*9-15,22-23,25H,8,16-19H2,1-7H3,(H,32,34);12H,8-11H2,1-7H3,(H,17,19)/t22?,23-,25+,31+;22-,23+,25-,31+;/m10./s1. The molecule has 3 aliphatic carbocycles. The second-order valence-electron chi connectivity index (χ2n) is 33.8. The highest BCUT2D eigenvalue weighted by atomic mass is 28.3. The van der Waals surface area contributed by atoms with Gasteiger partial charge in [0, 0.05) is 20.9 Å². The number of rotatable bonds is 20. The first-order chi connectivity index (χ1) is 46.3. The molecule has 0 spiro atoms. The van der Waals surface area contributed by atoms with Gasteiger partial charge in [-0.2, -0.15) is 0 Å². The van der Waals surface area contributed by atoms with Crippen molar-refractivity contribution >= 4 is 77.6 Å². The van der Waals surface area contributed by atoms with Gasteiger partial charge in [0.2, 0.25) is 11.8 Å². The summed E-state index contributed by atoms with van der Waals surface area (Å²) < 4.78 is 45.8. The Kier molecular flexibility index (Phi) is 25.2. The molecule has 0 aromatic heterocycles. The van der Waals surface area contributed by atoms with Crippen molar-refractivity contribution < 1.29 is 76.3 Å². The molecule has 2 saturated heterocycles. The van der Waals surface area contributed by atoms with Crippen LogP contribution < -0.4 is 16.0 Å². The second kappa shape index (κ2) is 31.5. The van der Waals surface area contributed by atoms with E-state index >= 15 is 0 Å². The number of alkyl carbamates (subject to hydrolysis) is 1. The van der Waals surface area contributed by atoms with Crippen molar-refractivity contribution in [1.29, 1.82) is 0 Å². The molecule has 552 valence electrons. The number of ether oxygens (including phenoxy) is 8. The molecule has 5 aliphatic rings. The summed E-state index contributed by atoms with van der Waals surface area (Å²) in [4.78, 5) is 107. The number of hydrogen-bond donors (Lipinski definition) is 3. The normalized spacial score (nSPS) is 24.8. The Morgan fingerprint density at radius 2 is 0.770 bits per heavy atom. The number of amides is 5. The maximum absolute atomic E-state index is 13.7. The zero-order chi connectivity index (χ0) is 74.4. The maximum atomic E-state index is 13.7. The lowest BCUT2D eigenvalue weighted by Crippen LogP contribution is -2.54. The van der Waals surface area contributed by atoms with Crippen LogP contribution in [0.25, 0.3) is 21.5 Å². The van der Waals surface area contributed by atoms with E-state index in [-0.39, 0.29) is 60.8 Å². The molecule has 9 rings (SSSR count). The minimum absolute atomic E-state index is 0.00825. The average Bonchev–Trinajstić information content (AvgIpc) is 1.59. The van der Waals surface area contributed by atoms with Crippen LogP contribution in [-0.2, 0) is 75.1 Å². The molecular weight excluding hydrogens is 1290 g/mol. The van der Waals surface area contributed by atoms with E-state index in [2.05, 4.69) is 72.0 Å². The minimum Gasteiger partial charge on any atom is -0.458 e. The highest BCUT2D eigenvalue weighted by Gasteiger charge is 2.65. The molecular formula is C78H115N5O16Si.